The van der Waals surface area contributed by atoms with Gasteiger partial charge in [-0.3, -0.25) is 19.6 Å². The van der Waals surface area contributed by atoms with Crippen molar-refractivity contribution >= 4 is 23.7 Å². The Bertz CT molecular complexity index is 1520. The van der Waals surface area contributed by atoms with Crippen molar-refractivity contribution < 1.29 is 31.9 Å². The van der Waals surface area contributed by atoms with E-state index in [2.05, 4.69) is 25.9 Å². The van der Waals surface area contributed by atoms with Gasteiger partial charge in [0.15, 0.2) is 0 Å². The molecule has 0 atom stereocenters. The molecule has 1 fully saturated rings. The van der Waals surface area contributed by atoms with Crippen LogP contribution in [0.1, 0.15) is 21.6 Å². The Balaban J connectivity index is 1.52. The van der Waals surface area contributed by atoms with Crippen molar-refractivity contribution in [1.29, 1.82) is 0 Å². The highest BCUT2D eigenvalue weighted by atomic mass is 19.4. The minimum atomic E-state index is -4.89. The maximum atomic E-state index is 14.8. The molecule has 38 heavy (non-hydrogen) atoms. The number of alkyl halides is 3. The third kappa shape index (κ3) is 4.70. The Morgan fingerprint density at radius 3 is 2.47 bits per heavy atom. The molecule has 1 aliphatic rings. The predicted molar refractivity (Wildman–Crippen MR) is 124 cm³/mol. The van der Waals surface area contributed by atoms with Gasteiger partial charge in [0.05, 0.1) is 41.3 Å². The third-order valence-electron chi connectivity index (χ3n) is 5.71. The lowest BCUT2D eigenvalue weighted by Crippen LogP contribution is -2.30. The number of hydrogen-bond acceptors (Lipinski definition) is 5. The van der Waals surface area contributed by atoms with Gasteiger partial charge in [-0.25, -0.2) is 13.9 Å². The second kappa shape index (κ2) is 9.46. The number of rotatable bonds is 6. The van der Waals surface area contributed by atoms with Gasteiger partial charge in [-0.1, -0.05) is 18.2 Å². The maximum Gasteiger partial charge on any atom is 0.417 e. The van der Waals surface area contributed by atoms with E-state index in [0.29, 0.717) is 5.69 Å². The van der Waals surface area contributed by atoms with Crippen LogP contribution in [0, 0.1) is 5.82 Å². The second-order valence-electron chi connectivity index (χ2n) is 8.21. The van der Waals surface area contributed by atoms with E-state index in [1.807, 2.05) is 0 Å². The summed E-state index contributed by atoms with van der Waals surface area (Å²) in [5.74, 6) is -2.86. The molecule has 2 aromatic heterocycles. The normalized spacial score (nSPS) is 13.6. The molecule has 194 valence electrons. The number of aromatic amines is 1. The number of para-hydroxylation sites is 1. The lowest BCUT2D eigenvalue weighted by atomic mass is 9.99. The van der Waals surface area contributed by atoms with E-state index in [1.165, 1.54) is 23.0 Å². The molecule has 1 saturated heterocycles. The van der Waals surface area contributed by atoms with Crippen molar-refractivity contribution in [2.24, 2.45) is 0 Å². The first-order valence-corrected chi connectivity index (χ1v) is 11.1. The molecular formula is C24H17F4N7O3. The number of halogens is 4. The van der Waals surface area contributed by atoms with Crippen molar-refractivity contribution in [2.45, 2.75) is 12.7 Å². The van der Waals surface area contributed by atoms with E-state index in [9.17, 15) is 31.9 Å². The molecular weight excluding hydrogens is 510 g/mol. The summed E-state index contributed by atoms with van der Waals surface area (Å²) in [6.07, 6.45) is -3.67. The number of nitrogens with zero attached hydrogens (tertiary/aromatic N) is 4. The smallest absolute Gasteiger partial charge is 0.329 e. The predicted octanol–water partition coefficient (Wildman–Crippen LogP) is 3.72. The van der Waals surface area contributed by atoms with Crippen molar-refractivity contribution in [3.8, 4) is 16.9 Å². The summed E-state index contributed by atoms with van der Waals surface area (Å²) in [5, 5.41) is 15.2. The van der Waals surface area contributed by atoms with Gasteiger partial charge in [-0.05, 0) is 30.3 Å². The second-order valence-corrected chi connectivity index (χ2v) is 8.21. The van der Waals surface area contributed by atoms with Gasteiger partial charge >= 0.3 is 12.2 Å². The number of nitrogens with one attached hydrogen (secondary N) is 3. The van der Waals surface area contributed by atoms with Crippen molar-refractivity contribution in [2.75, 3.05) is 11.9 Å². The molecule has 14 heteroatoms. The van der Waals surface area contributed by atoms with Crippen LogP contribution in [-0.4, -0.2) is 49.3 Å². The highest BCUT2D eigenvalue weighted by Gasteiger charge is 2.36. The lowest BCUT2D eigenvalue weighted by Gasteiger charge is -2.15. The molecule has 0 spiro atoms. The zero-order valence-corrected chi connectivity index (χ0v) is 19.2. The quantitative estimate of drug-likeness (QED) is 0.260. The molecule has 0 bridgehead atoms. The molecule has 0 radical (unpaired) electrons. The molecule has 2 aromatic carbocycles. The Morgan fingerprint density at radius 1 is 1.08 bits per heavy atom. The van der Waals surface area contributed by atoms with Crippen LogP contribution in [0.4, 0.5) is 28.2 Å². The summed E-state index contributed by atoms with van der Waals surface area (Å²) in [4.78, 5) is 38.0. The highest BCUT2D eigenvalue weighted by molar-refractivity contribution is 6.05. The third-order valence-corrected chi connectivity index (χ3v) is 5.71. The summed E-state index contributed by atoms with van der Waals surface area (Å²) >= 11 is 0. The first-order valence-electron chi connectivity index (χ1n) is 11.1. The van der Waals surface area contributed by atoms with Gasteiger partial charge in [-0.2, -0.15) is 23.4 Å². The molecule has 0 saturated carbocycles. The summed E-state index contributed by atoms with van der Waals surface area (Å²) in [6.45, 7) is -0.361. The number of H-pyrrole nitrogens is 1. The molecule has 3 heterocycles. The Hall–Kier alpha value is -5.01. The fourth-order valence-corrected chi connectivity index (χ4v) is 3.93. The first-order chi connectivity index (χ1) is 18.1. The van der Waals surface area contributed by atoms with Gasteiger partial charge in [0.2, 0.25) is 5.91 Å². The van der Waals surface area contributed by atoms with Gasteiger partial charge in [0, 0.05) is 17.8 Å². The average Bonchev–Trinajstić information content (AvgIpc) is 3.62. The number of amides is 4. The summed E-state index contributed by atoms with van der Waals surface area (Å²) in [5.41, 5.74) is -1.74. The minimum absolute atomic E-state index is 0.0330. The molecule has 4 amide bonds. The number of hydrogen-bond donors (Lipinski definition) is 3. The van der Waals surface area contributed by atoms with Crippen LogP contribution in [-0.2, 0) is 17.5 Å². The van der Waals surface area contributed by atoms with E-state index >= 15 is 0 Å². The monoisotopic (exact) mass is 527 g/mol. The number of urea groups is 1. The number of benzene rings is 2. The van der Waals surface area contributed by atoms with Crippen molar-refractivity contribution in [3.63, 3.8) is 0 Å². The van der Waals surface area contributed by atoms with Crippen LogP contribution >= 0.6 is 0 Å². The summed E-state index contributed by atoms with van der Waals surface area (Å²) < 4.78 is 56.9. The molecule has 1 aliphatic heterocycles. The van der Waals surface area contributed by atoms with Crippen LogP contribution in [0.15, 0.2) is 60.8 Å². The number of anilines is 1. The zero-order chi connectivity index (χ0) is 27.0. The Labute approximate surface area is 211 Å². The zero-order valence-electron chi connectivity index (χ0n) is 19.2. The number of imide groups is 1. The van der Waals surface area contributed by atoms with Crippen LogP contribution in [0.25, 0.3) is 16.9 Å². The van der Waals surface area contributed by atoms with Gasteiger partial charge < -0.3 is 10.6 Å². The summed E-state index contributed by atoms with van der Waals surface area (Å²) in [6, 6.07) is 11.5. The fraction of sp³-hybridized carbons (Fsp3) is 0.125. The molecule has 0 aliphatic carbocycles. The number of carbonyl (C=O) groups excluding carboxylic acids is 3. The van der Waals surface area contributed by atoms with Crippen molar-refractivity contribution in [3.05, 3.63) is 83.4 Å². The largest absolute Gasteiger partial charge is 0.417 e. The van der Waals surface area contributed by atoms with Crippen LogP contribution < -0.4 is 10.6 Å². The Morgan fingerprint density at radius 2 is 1.84 bits per heavy atom. The van der Waals surface area contributed by atoms with E-state index in [4.69, 9.17) is 0 Å². The van der Waals surface area contributed by atoms with E-state index in [1.54, 1.807) is 30.3 Å². The fourth-order valence-electron chi connectivity index (χ4n) is 3.93. The number of aromatic nitrogens is 4. The maximum absolute atomic E-state index is 14.8. The molecule has 5 rings (SSSR count). The number of carbonyl (C=O) groups is 3. The standard InChI is InChI=1S/C24H17F4N7O3/c25-18-10-17(24(26,27)28)15(19-6-7-30-32-19)9-16(18)22(37)31-20-8-13(12-34-21(36)11-29-23(34)38)33-35(20)14-4-2-1-3-5-14/h1-10H,11-12H2,(H,29,38)(H,30,32)(H,31,37). The van der Waals surface area contributed by atoms with Gasteiger partial charge in [-0.15, -0.1) is 0 Å². The molecule has 10 nitrogen and oxygen atoms in total. The average molecular weight is 527 g/mol. The van der Waals surface area contributed by atoms with Crippen LogP contribution in [0.2, 0.25) is 0 Å². The highest BCUT2D eigenvalue weighted by Crippen LogP contribution is 2.38. The first kappa shape index (κ1) is 24.7. The van der Waals surface area contributed by atoms with E-state index < -0.39 is 46.5 Å². The van der Waals surface area contributed by atoms with E-state index in [-0.39, 0.29) is 36.4 Å². The molecule has 0 unspecified atom stereocenters. The lowest BCUT2D eigenvalue weighted by molar-refractivity contribution is -0.137. The SMILES string of the molecule is O=C(Nc1cc(CN2C(=O)CNC2=O)nn1-c1ccccc1)c1cc(-c2ccn[nH]2)c(C(F)(F)F)cc1F. The van der Waals surface area contributed by atoms with E-state index in [0.717, 1.165) is 11.0 Å². The van der Waals surface area contributed by atoms with Gasteiger partial charge in [0.25, 0.3) is 5.91 Å². The summed E-state index contributed by atoms with van der Waals surface area (Å²) in [7, 11) is 0. The van der Waals surface area contributed by atoms with Crippen LogP contribution in [0.5, 0.6) is 0 Å². The minimum Gasteiger partial charge on any atom is -0.329 e. The molecule has 4 aromatic rings. The molecule has 3 N–H and O–H groups in total. The van der Waals surface area contributed by atoms with Crippen molar-refractivity contribution in [1.82, 2.24) is 30.2 Å². The van der Waals surface area contributed by atoms with Gasteiger partial charge in [0.1, 0.15) is 11.6 Å². The topological polar surface area (TPSA) is 125 Å². The Kier molecular flexibility index (Phi) is 6.14. The van der Waals surface area contributed by atoms with Crippen LogP contribution in [0.3, 0.4) is 0 Å².